The summed E-state index contributed by atoms with van der Waals surface area (Å²) in [6, 6.07) is 5.91. The maximum Gasteiger partial charge on any atom is 0.124 e. The Bertz CT molecular complexity index is 386. The Morgan fingerprint density at radius 1 is 1.39 bits per heavy atom. The first kappa shape index (κ1) is 15.3. The van der Waals surface area contributed by atoms with Crippen molar-refractivity contribution in [2.45, 2.75) is 45.9 Å². The highest BCUT2D eigenvalue weighted by atomic mass is 35.5. The molecule has 18 heavy (non-hydrogen) atoms. The molecular weight excluding hydrogens is 250 g/mol. The van der Waals surface area contributed by atoms with Crippen molar-refractivity contribution < 1.29 is 9.84 Å². The molecule has 1 aromatic rings. The highest BCUT2D eigenvalue weighted by molar-refractivity contribution is 6.30. The number of halogens is 1. The molecule has 0 aliphatic carbocycles. The van der Waals surface area contributed by atoms with Gasteiger partial charge in [0.25, 0.3) is 0 Å². The molecule has 0 aliphatic rings. The largest absolute Gasteiger partial charge is 0.490 e. The van der Waals surface area contributed by atoms with Gasteiger partial charge in [-0.25, -0.2) is 0 Å². The van der Waals surface area contributed by atoms with E-state index >= 15 is 0 Å². The van der Waals surface area contributed by atoms with Crippen LogP contribution in [0.25, 0.3) is 0 Å². The lowest BCUT2D eigenvalue weighted by Crippen LogP contribution is -2.28. The van der Waals surface area contributed by atoms with E-state index in [-0.39, 0.29) is 6.61 Å². The van der Waals surface area contributed by atoms with Crippen LogP contribution in [0.2, 0.25) is 5.02 Å². The van der Waals surface area contributed by atoms with Crippen LogP contribution in [-0.4, -0.2) is 23.4 Å². The van der Waals surface area contributed by atoms with Gasteiger partial charge < -0.3 is 15.2 Å². The van der Waals surface area contributed by atoms with E-state index < -0.39 is 5.60 Å². The maximum absolute atomic E-state index is 9.68. The molecule has 0 radical (unpaired) electrons. The van der Waals surface area contributed by atoms with Crippen molar-refractivity contribution in [1.29, 1.82) is 0 Å². The quantitative estimate of drug-likeness (QED) is 0.836. The predicted octanol–water partition coefficient (Wildman–Crippen LogP) is 2.99. The SMILES string of the molecule is CC(C)NCc1cc(Cl)ccc1OCC(C)(C)O. The minimum atomic E-state index is -0.845. The number of ether oxygens (including phenoxy) is 1. The number of rotatable bonds is 6. The van der Waals surface area contributed by atoms with Crippen molar-refractivity contribution in [3.8, 4) is 5.75 Å². The molecule has 102 valence electrons. The fourth-order valence-electron chi connectivity index (χ4n) is 1.40. The summed E-state index contributed by atoms with van der Waals surface area (Å²) in [6.45, 7) is 8.55. The van der Waals surface area contributed by atoms with Crippen LogP contribution in [0.5, 0.6) is 5.75 Å². The van der Waals surface area contributed by atoms with Crippen LogP contribution < -0.4 is 10.1 Å². The Morgan fingerprint density at radius 3 is 2.61 bits per heavy atom. The number of nitrogens with one attached hydrogen (secondary N) is 1. The third-order valence-corrected chi connectivity index (χ3v) is 2.54. The zero-order chi connectivity index (χ0) is 13.8. The molecule has 3 nitrogen and oxygen atoms in total. The highest BCUT2D eigenvalue weighted by Crippen LogP contribution is 2.23. The van der Waals surface area contributed by atoms with Crippen LogP contribution in [-0.2, 0) is 6.54 Å². The third kappa shape index (κ3) is 5.71. The van der Waals surface area contributed by atoms with Gasteiger partial charge in [-0.15, -0.1) is 0 Å². The van der Waals surface area contributed by atoms with Gasteiger partial charge in [0.15, 0.2) is 0 Å². The second kappa shape index (κ2) is 6.41. The van der Waals surface area contributed by atoms with Crippen molar-refractivity contribution in [2.75, 3.05) is 6.61 Å². The Labute approximate surface area is 114 Å². The fraction of sp³-hybridized carbons (Fsp3) is 0.571. The number of benzene rings is 1. The van der Waals surface area contributed by atoms with Crippen molar-refractivity contribution in [2.24, 2.45) is 0 Å². The van der Waals surface area contributed by atoms with E-state index in [9.17, 15) is 5.11 Å². The molecule has 1 rings (SSSR count). The maximum atomic E-state index is 9.68. The number of aliphatic hydroxyl groups is 1. The average Bonchev–Trinajstić information content (AvgIpc) is 2.23. The van der Waals surface area contributed by atoms with Crippen LogP contribution in [0.15, 0.2) is 18.2 Å². The number of hydrogen-bond acceptors (Lipinski definition) is 3. The Morgan fingerprint density at radius 2 is 2.06 bits per heavy atom. The van der Waals surface area contributed by atoms with Crippen LogP contribution >= 0.6 is 11.6 Å². The highest BCUT2D eigenvalue weighted by Gasteiger charge is 2.15. The minimum Gasteiger partial charge on any atom is -0.490 e. The third-order valence-electron chi connectivity index (χ3n) is 2.30. The van der Waals surface area contributed by atoms with Gasteiger partial charge in [-0.05, 0) is 32.0 Å². The topological polar surface area (TPSA) is 41.5 Å². The zero-order valence-corrected chi connectivity index (χ0v) is 12.2. The lowest BCUT2D eigenvalue weighted by atomic mass is 10.1. The molecule has 0 spiro atoms. The van der Waals surface area contributed by atoms with Gasteiger partial charge in [-0.1, -0.05) is 25.4 Å². The lowest BCUT2D eigenvalue weighted by molar-refractivity contribution is 0.0281. The molecule has 0 unspecified atom stereocenters. The standard InChI is InChI=1S/C14H22ClNO2/c1-10(2)16-8-11-7-12(15)5-6-13(11)18-9-14(3,4)17/h5-7,10,16-17H,8-9H2,1-4H3. The summed E-state index contributed by atoms with van der Waals surface area (Å²) in [7, 11) is 0. The molecule has 0 saturated carbocycles. The molecule has 0 saturated heterocycles. The van der Waals surface area contributed by atoms with Gasteiger partial charge in [0.2, 0.25) is 0 Å². The van der Waals surface area contributed by atoms with Crippen LogP contribution in [0.3, 0.4) is 0 Å². The molecule has 2 N–H and O–H groups in total. The van der Waals surface area contributed by atoms with Crippen molar-refractivity contribution in [3.63, 3.8) is 0 Å². The summed E-state index contributed by atoms with van der Waals surface area (Å²) in [5.74, 6) is 0.759. The molecule has 1 aromatic carbocycles. The van der Waals surface area contributed by atoms with Gasteiger partial charge in [-0.2, -0.15) is 0 Å². The molecule has 4 heteroatoms. The molecule has 0 aliphatic heterocycles. The second-order valence-corrected chi connectivity index (χ2v) is 5.83. The fourth-order valence-corrected chi connectivity index (χ4v) is 1.59. The minimum absolute atomic E-state index is 0.253. The first-order valence-corrected chi connectivity index (χ1v) is 6.53. The summed E-state index contributed by atoms with van der Waals surface area (Å²) in [5, 5.41) is 13.7. The summed E-state index contributed by atoms with van der Waals surface area (Å²) in [5.41, 5.74) is 0.156. The molecular formula is C14H22ClNO2. The van der Waals surface area contributed by atoms with Crippen LogP contribution in [0.1, 0.15) is 33.3 Å². The van der Waals surface area contributed by atoms with Crippen molar-refractivity contribution in [1.82, 2.24) is 5.32 Å². The monoisotopic (exact) mass is 271 g/mol. The Kier molecular flexibility index (Phi) is 5.45. The summed E-state index contributed by atoms with van der Waals surface area (Å²) >= 11 is 5.99. The van der Waals surface area contributed by atoms with E-state index in [4.69, 9.17) is 16.3 Å². The van der Waals surface area contributed by atoms with E-state index in [0.29, 0.717) is 17.6 Å². The first-order valence-electron chi connectivity index (χ1n) is 6.15. The van der Waals surface area contributed by atoms with E-state index in [1.807, 2.05) is 12.1 Å². The Hall–Kier alpha value is -0.770. The van der Waals surface area contributed by atoms with Gasteiger partial charge in [-0.3, -0.25) is 0 Å². The van der Waals surface area contributed by atoms with E-state index in [1.54, 1.807) is 19.9 Å². The molecule has 0 atom stereocenters. The van der Waals surface area contributed by atoms with E-state index in [2.05, 4.69) is 19.2 Å². The van der Waals surface area contributed by atoms with Crippen LogP contribution in [0, 0.1) is 0 Å². The first-order chi connectivity index (χ1) is 8.28. The predicted molar refractivity (Wildman–Crippen MR) is 75.2 cm³/mol. The van der Waals surface area contributed by atoms with Gasteiger partial charge in [0, 0.05) is 23.2 Å². The van der Waals surface area contributed by atoms with Crippen LogP contribution in [0.4, 0.5) is 0 Å². The van der Waals surface area contributed by atoms with Gasteiger partial charge in [0.05, 0.1) is 5.60 Å². The molecule has 0 fully saturated rings. The molecule has 0 bridgehead atoms. The van der Waals surface area contributed by atoms with E-state index in [0.717, 1.165) is 11.3 Å². The lowest BCUT2D eigenvalue weighted by Gasteiger charge is -2.20. The molecule has 0 heterocycles. The summed E-state index contributed by atoms with van der Waals surface area (Å²) in [6.07, 6.45) is 0. The average molecular weight is 272 g/mol. The molecule has 0 amide bonds. The second-order valence-electron chi connectivity index (χ2n) is 5.39. The van der Waals surface area contributed by atoms with Gasteiger partial charge in [0.1, 0.15) is 12.4 Å². The van der Waals surface area contributed by atoms with E-state index in [1.165, 1.54) is 0 Å². The zero-order valence-electron chi connectivity index (χ0n) is 11.5. The van der Waals surface area contributed by atoms with Crippen molar-refractivity contribution in [3.05, 3.63) is 28.8 Å². The smallest absolute Gasteiger partial charge is 0.124 e. The normalized spacial score (nSPS) is 11.9. The Balaban J connectivity index is 2.76. The summed E-state index contributed by atoms with van der Waals surface area (Å²) < 4.78 is 5.64. The summed E-state index contributed by atoms with van der Waals surface area (Å²) in [4.78, 5) is 0. The molecule has 0 aromatic heterocycles. The van der Waals surface area contributed by atoms with Gasteiger partial charge >= 0.3 is 0 Å². The number of hydrogen-bond donors (Lipinski definition) is 2. The van der Waals surface area contributed by atoms with Crippen molar-refractivity contribution >= 4 is 11.6 Å².